The summed E-state index contributed by atoms with van der Waals surface area (Å²) in [7, 11) is 0. The van der Waals surface area contributed by atoms with E-state index in [1.807, 2.05) is 24.3 Å². The number of rotatable bonds is 5. The van der Waals surface area contributed by atoms with Crippen molar-refractivity contribution in [3.63, 3.8) is 0 Å². The highest BCUT2D eigenvalue weighted by Gasteiger charge is 2.17. The molecule has 0 amide bonds. The predicted octanol–water partition coefficient (Wildman–Crippen LogP) is 3.59. The first-order chi connectivity index (χ1) is 11.3. The summed E-state index contributed by atoms with van der Waals surface area (Å²) in [4.78, 5) is 0. The maximum Gasteiger partial charge on any atom is 0.190 e. The molecule has 5 heteroatoms. The van der Waals surface area contributed by atoms with E-state index < -0.39 is 0 Å². The van der Waals surface area contributed by atoms with Gasteiger partial charge in [-0.05, 0) is 30.5 Å². The topological polar surface area (TPSA) is 54.5 Å². The molecule has 23 heavy (non-hydrogen) atoms. The standard InChI is InChI=1S/C18H15FN4/c19-16-11-5-4-10-15(16)18-17(13-20)21-22-23(18)12-6-9-14-7-2-1-3-8-14/h1-5,7-8,10-11H,6,9,12H2. The van der Waals surface area contributed by atoms with Crippen molar-refractivity contribution < 1.29 is 4.39 Å². The van der Waals surface area contributed by atoms with Crippen LogP contribution < -0.4 is 0 Å². The van der Waals surface area contributed by atoms with Crippen molar-refractivity contribution in [1.29, 1.82) is 5.26 Å². The second kappa shape index (κ2) is 6.84. The molecule has 0 unspecified atom stereocenters. The molecule has 0 atom stereocenters. The van der Waals surface area contributed by atoms with Crippen LogP contribution in [0.4, 0.5) is 4.39 Å². The third kappa shape index (κ3) is 3.27. The van der Waals surface area contributed by atoms with Crippen molar-refractivity contribution in [3.8, 4) is 17.3 Å². The normalized spacial score (nSPS) is 10.4. The average molecular weight is 306 g/mol. The Hall–Kier alpha value is -3.00. The number of nitriles is 1. The first-order valence-corrected chi connectivity index (χ1v) is 7.42. The van der Waals surface area contributed by atoms with Gasteiger partial charge in [-0.3, -0.25) is 0 Å². The molecule has 2 aromatic carbocycles. The lowest BCUT2D eigenvalue weighted by Crippen LogP contribution is -2.05. The van der Waals surface area contributed by atoms with E-state index in [1.165, 1.54) is 11.6 Å². The number of aromatic nitrogens is 3. The van der Waals surface area contributed by atoms with Gasteiger partial charge in [-0.15, -0.1) is 5.10 Å². The highest BCUT2D eigenvalue weighted by atomic mass is 19.1. The minimum absolute atomic E-state index is 0.148. The Morgan fingerprint density at radius 3 is 2.52 bits per heavy atom. The molecular weight excluding hydrogens is 291 g/mol. The van der Waals surface area contributed by atoms with Gasteiger partial charge >= 0.3 is 0 Å². The highest BCUT2D eigenvalue weighted by molar-refractivity contribution is 5.65. The van der Waals surface area contributed by atoms with Gasteiger partial charge in [0.2, 0.25) is 0 Å². The zero-order valence-corrected chi connectivity index (χ0v) is 12.5. The molecule has 114 valence electrons. The van der Waals surface area contributed by atoms with Crippen LogP contribution in [0.2, 0.25) is 0 Å². The quantitative estimate of drug-likeness (QED) is 0.724. The summed E-state index contributed by atoms with van der Waals surface area (Å²) in [6.07, 6.45) is 1.72. The van der Waals surface area contributed by atoms with E-state index in [4.69, 9.17) is 0 Å². The Labute approximate surface area is 133 Å². The van der Waals surface area contributed by atoms with Gasteiger partial charge in [-0.2, -0.15) is 5.26 Å². The maximum absolute atomic E-state index is 14.1. The number of halogens is 1. The Kier molecular flexibility index (Phi) is 4.44. The summed E-state index contributed by atoms with van der Waals surface area (Å²) >= 11 is 0. The van der Waals surface area contributed by atoms with Crippen molar-refractivity contribution in [2.45, 2.75) is 19.4 Å². The third-order valence-electron chi connectivity index (χ3n) is 3.65. The number of hydrogen-bond donors (Lipinski definition) is 0. The van der Waals surface area contributed by atoms with E-state index in [2.05, 4.69) is 22.4 Å². The molecule has 0 radical (unpaired) electrons. The largest absolute Gasteiger partial charge is 0.243 e. The third-order valence-corrected chi connectivity index (χ3v) is 3.65. The Morgan fingerprint density at radius 2 is 1.78 bits per heavy atom. The Bertz CT molecular complexity index is 834. The smallest absolute Gasteiger partial charge is 0.190 e. The van der Waals surface area contributed by atoms with E-state index in [1.54, 1.807) is 22.9 Å². The minimum atomic E-state index is -0.379. The first kappa shape index (κ1) is 14.9. The molecule has 0 spiro atoms. The molecule has 0 saturated carbocycles. The van der Waals surface area contributed by atoms with Crippen LogP contribution in [-0.2, 0) is 13.0 Å². The highest BCUT2D eigenvalue weighted by Crippen LogP contribution is 2.25. The summed E-state index contributed by atoms with van der Waals surface area (Å²) < 4.78 is 15.7. The summed E-state index contributed by atoms with van der Waals surface area (Å²) in [5.41, 5.74) is 2.18. The second-order valence-electron chi connectivity index (χ2n) is 5.19. The molecule has 0 fully saturated rings. The van der Waals surface area contributed by atoms with E-state index in [-0.39, 0.29) is 11.5 Å². The first-order valence-electron chi connectivity index (χ1n) is 7.42. The van der Waals surface area contributed by atoms with E-state index >= 15 is 0 Å². The number of benzene rings is 2. The van der Waals surface area contributed by atoms with Gasteiger partial charge < -0.3 is 0 Å². The van der Waals surface area contributed by atoms with Crippen LogP contribution in [-0.4, -0.2) is 15.0 Å². The van der Waals surface area contributed by atoms with Gasteiger partial charge in [-0.25, -0.2) is 9.07 Å². The number of aryl methyl sites for hydroxylation is 2. The summed E-state index contributed by atoms with van der Waals surface area (Å²) in [5, 5.41) is 17.1. The fourth-order valence-electron chi connectivity index (χ4n) is 2.54. The van der Waals surface area contributed by atoms with Crippen LogP contribution in [0.3, 0.4) is 0 Å². The second-order valence-corrected chi connectivity index (χ2v) is 5.19. The van der Waals surface area contributed by atoms with Gasteiger partial charge in [0.05, 0.1) is 0 Å². The van der Waals surface area contributed by atoms with Crippen LogP contribution >= 0.6 is 0 Å². The summed E-state index contributed by atoms with van der Waals surface area (Å²) in [6.45, 7) is 0.577. The molecule has 0 aliphatic heterocycles. The molecule has 4 nitrogen and oxygen atoms in total. The molecule has 0 saturated heterocycles. The lowest BCUT2D eigenvalue weighted by atomic mass is 10.1. The van der Waals surface area contributed by atoms with Gasteiger partial charge in [0.15, 0.2) is 5.69 Å². The van der Waals surface area contributed by atoms with Crippen molar-refractivity contribution in [1.82, 2.24) is 15.0 Å². The molecule has 0 bridgehead atoms. The van der Waals surface area contributed by atoms with Crippen LogP contribution in [0.25, 0.3) is 11.3 Å². The van der Waals surface area contributed by atoms with Gasteiger partial charge in [0.1, 0.15) is 17.6 Å². The summed E-state index contributed by atoms with van der Waals surface area (Å²) in [6, 6.07) is 18.5. The monoisotopic (exact) mass is 306 g/mol. The molecule has 3 rings (SSSR count). The number of hydrogen-bond acceptors (Lipinski definition) is 3. The van der Waals surface area contributed by atoms with Gasteiger partial charge in [-0.1, -0.05) is 47.7 Å². The predicted molar refractivity (Wildman–Crippen MR) is 84.9 cm³/mol. The number of nitrogens with zero attached hydrogens (tertiary/aromatic N) is 4. The maximum atomic E-state index is 14.1. The SMILES string of the molecule is N#Cc1nnn(CCCc2ccccc2)c1-c1ccccc1F. The Morgan fingerprint density at radius 1 is 1.04 bits per heavy atom. The lowest BCUT2D eigenvalue weighted by Gasteiger charge is -2.07. The van der Waals surface area contributed by atoms with E-state index in [0.29, 0.717) is 17.8 Å². The molecule has 1 aromatic heterocycles. The molecule has 0 aliphatic carbocycles. The van der Waals surface area contributed by atoms with Crippen LogP contribution in [0.15, 0.2) is 54.6 Å². The molecule has 0 aliphatic rings. The van der Waals surface area contributed by atoms with E-state index in [0.717, 1.165) is 12.8 Å². The molecular formula is C18H15FN4. The zero-order valence-electron chi connectivity index (χ0n) is 12.5. The van der Waals surface area contributed by atoms with Crippen molar-refractivity contribution in [3.05, 3.63) is 71.7 Å². The van der Waals surface area contributed by atoms with Crippen LogP contribution in [0.5, 0.6) is 0 Å². The Balaban J connectivity index is 1.82. The molecule has 3 aromatic rings. The zero-order chi connectivity index (χ0) is 16.1. The lowest BCUT2D eigenvalue weighted by molar-refractivity contribution is 0.560. The fraction of sp³-hybridized carbons (Fsp3) is 0.167. The van der Waals surface area contributed by atoms with Crippen molar-refractivity contribution >= 4 is 0 Å². The van der Waals surface area contributed by atoms with Gasteiger partial charge in [0, 0.05) is 12.1 Å². The van der Waals surface area contributed by atoms with Gasteiger partial charge in [0.25, 0.3) is 0 Å². The fourth-order valence-corrected chi connectivity index (χ4v) is 2.54. The minimum Gasteiger partial charge on any atom is -0.243 e. The van der Waals surface area contributed by atoms with Crippen LogP contribution in [0, 0.1) is 17.1 Å². The van der Waals surface area contributed by atoms with E-state index in [9.17, 15) is 9.65 Å². The summed E-state index contributed by atoms with van der Waals surface area (Å²) in [5.74, 6) is -0.379. The molecule has 0 N–H and O–H groups in total. The molecule has 1 heterocycles. The van der Waals surface area contributed by atoms with Crippen molar-refractivity contribution in [2.75, 3.05) is 0 Å². The van der Waals surface area contributed by atoms with Crippen LogP contribution in [0.1, 0.15) is 17.7 Å². The van der Waals surface area contributed by atoms with Crippen molar-refractivity contribution in [2.24, 2.45) is 0 Å². The average Bonchev–Trinajstić information content (AvgIpc) is 2.99.